The molecule has 2 atom stereocenters. The second kappa shape index (κ2) is 6.05. The molecule has 0 aromatic heterocycles. The van der Waals surface area contributed by atoms with Gasteiger partial charge in [0.05, 0.1) is 18.8 Å². The summed E-state index contributed by atoms with van der Waals surface area (Å²) >= 11 is 0. The van der Waals surface area contributed by atoms with Crippen molar-refractivity contribution in [2.75, 3.05) is 32.9 Å². The van der Waals surface area contributed by atoms with E-state index in [1.807, 2.05) is 13.8 Å². The van der Waals surface area contributed by atoms with E-state index in [1.54, 1.807) is 4.90 Å². The van der Waals surface area contributed by atoms with Crippen LogP contribution in [-0.2, 0) is 14.3 Å². The van der Waals surface area contributed by atoms with Crippen LogP contribution in [0.4, 0.5) is 0 Å². The van der Waals surface area contributed by atoms with Gasteiger partial charge in [-0.1, -0.05) is 0 Å². The zero-order chi connectivity index (χ0) is 11.3. The fourth-order valence-electron chi connectivity index (χ4n) is 1.63. The van der Waals surface area contributed by atoms with Crippen molar-refractivity contribution in [2.45, 2.75) is 26.1 Å². The van der Waals surface area contributed by atoms with Crippen molar-refractivity contribution in [1.29, 1.82) is 0 Å². The van der Waals surface area contributed by atoms with Gasteiger partial charge in [0.15, 0.2) is 0 Å². The normalized spacial score (nSPS) is 26.7. The first-order valence-corrected chi connectivity index (χ1v) is 5.29. The quantitative estimate of drug-likeness (QED) is 0.698. The number of amides is 1. The minimum Gasteiger partial charge on any atom is -0.394 e. The maximum Gasteiger partial charge on any atom is 0.248 e. The molecule has 1 rings (SSSR count). The second-order valence-electron chi connectivity index (χ2n) is 3.69. The van der Waals surface area contributed by atoms with Gasteiger partial charge in [-0.05, 0) is 13.8 Å². The van der Waals surface area contributed by atoms with Crippen LogP contribution in [0.25, 0.3) is 0 Å². The molecule has 1 amide bonds. The summed E-state index contributed by atoms with van der Waals surface area (Å²) in [5.74, 6) is -0.0366. The van der Waals surface area contributed by atoms with Crippen molar-refractivity contribution in [3.8, 4) is 0 Å². The van der Waals surface area contributed by atoms with Gasteiger partial charge < -0.3 is 19.5 Å². The largest absolute Gasteiger partial charge is 0.394 e. The maximum absolute atomic E-state index is 11.6. The highest BCUT2D eigenvalue weighted by Gasteiger charge is 2.27. The first kappa shape index (κ1) is 12.4. The fourth-order valence-corrected chi connectivity index (χ4v) is 1.63. The highest BCUT2D eigenvalue weighted by atomic mass is 16.5. The molecule has 0 aliphatic carbocycles. The van der Waals surface area contributed by atoms with Crippen LogP contribution in [0, 0.1) is 0 Å². The van der Waals surface area contributed by atoms with Crippen LogP contribution in [0.5, 0.6) is 0 Å². The van der Waals surface area contributed by atoms with E-state index < -0.39 is 0 Å². The van der Waals surface area contributed by atoms with Gasteiger partial charge in [-0.2, -0.15) is 0 Å². The number of aliphatic hydroxyl groups excluding tert-OH is 1. The molecule has 0 bridgehead atoms. The lowest BCUT2D eigenvalue weighted by molar-refractivity contribution is -0.151. The summed E-state index contributed by atoms with van der Waals surface area (Å²) < 4.78 is 10.5. The third-order valence-electron chi connectivity index (χ3n) is 2.31. The highest BCUT2D eigenvalue weighted by Crippen LogP contribution is 2.10. The second-order valence-corrected chi connectivity index (χ2v) is 3.69. The molecule has 1 saturated heterocycles. The lowest BCUT2D eigenvalue weighted by Crippen LogP contribution is -2.51. The molecule has 88 valence electrons. The summed E-state index contributed by atoms with van der Waals surface area (Å²) in [6.45, 7) is 5.36. The van der Waals surface area contributed by atoms with Gasteiger partial charge in [0.1, 0.15) is 6.61 Å². The summed E-state index contributed by atoms with van der Waals surface area (Å²) in [7, 11) is 0. The summed E-state index contributed by atoms with van der Waals surface area (Å²) in [5, 5.41) is 8.99. The van der Waals surface area contributed by atoms with Gasteiger partial charge in [-0.25, -0.2) is 0 Å². The predicted octanol–water partition coefficient (Wildman–Crippen LogP) is -0.369. The predicted molar refractivity (Wildman–Crippen MR) is 54.5 cm³/mol. The Labute approximate surface area is 90.0 Å². The van der Waals surface area contributed by atoms with Crippen molar-refractivity contribution in [2.24, 2.45) is 0 Å². The standard InChI is InChI=1S/C10H19NO4/c1-3-14-7-10(13)11-4-8(2)15-9(5-11)6-12/h8-9,12H,3-7H2,1-2H3. The zero-order valence-corrected chi connectivity index (χ0v) is 9.31. The molecule has 1 aliphatic rings. The lowest BCUT2D eigenvalue weighted by atomic mass is 10.2. The molecule has 0 aromatic rings. The number of nitrogens with zero attached hydrogens (tertiary/aromatic N) is 1. The van der Waals surface area contributed by atoms with Gasteiger partial charge in [-0.15, -0.1) is 0 Å². The van der Waals surface area contributed by atoms with Crippen LogP contribution in [0.15, 0.2) is 0 Å². The average Bonchev–Trinajstić information content (AvgIpc) is 2.24. The van der Waals surface area contributed by atoms with E-state index in [0.29, 0.717) is 19.7 Å². The van der Waals surface area contributed by atoms with E-state index in [0.717, 1.165) is 0 Å². The maximum atomic E-state index is 11.6. The van der Waals surface area contributed by atoms with Crippen LogP contribution in [-0.4, -0.2) is 61.0 Å². The Balaban J connectivity index is 2.42. The van der Waals surface area contributed by atoms with E-state index in [-0.39, 0.29) is 31.3 Å². The number of carbonyl (C=O) groups excluding carboxylic acids is 1. The Morgan fingerprint density at radius 1 is 1.60 bits per heavy atom. The van der Waals surface area contributed by atoms with Crippen molar-refractivity contribution < 1.29 is 19.4 Å². The Morgan fingerprint density at radius 3 is 2.93 bits per heavy atom. The number of ether oxygens (including phenoxy) is 2. The molecule has 2 unspecified atom stereocenters. The van der Waals surface area contributed by atoms with Crippen LogP contribution in [0.3, 0.4) is 0 Å². The minimum atomic E-state index is -0.265. The molecule has 15 heavy (non-hydrogen) atoms. The van der Waals surface area contributed by atoms with E-state index in [2.05, 4.69) is 0 Å². The molecule has 0 radical (unpaired) electrons. The van der Waals surface area contributed by atoms with Crippen molar-refractivity contribution >= 4 is 5.91 Å². The highest BCUT2D eigenvalue weighted by molar-refractivity contribution is 5.77. The molecule has 1 fully saturated rings. The van der Waals surface area contributed by atoms with Crippen LogP contribution >= 0.6 is 0 Å². The number of hydrogen-bond donors (Lipinski definition) is 1. The molecule has 5 nitrogen and oxygen atoms in total. The molecule has 0 aromatic carbocycles. The molecule has 1 aliphatic heterocycles. The first-order chi connectivity index (χ1) is 7.17. The molecule has 0 saturated carbocycles. The van der Waals surface area contributed by atoms with Crippen LogP contribution in [0.1, 0.15) is 13.8 Å². The first-order valence-electron chi connectivity index (χ1n) is 5.29. The molecule has 1 N–H and O–H groups in total. The van der Waals surface area contributed by atoms with Gasteiger partial charge in [-0.3, -0.25) is 4.79 Å². The van der Waals surface area contributed by atoms with Gasteiger partial charge in [0.25, 0.3) is 0 Å². The number of morpholine rings is 1. The third kappa shape index (κ3) is 3.77. The van der Waals surface area contributed by atoms with Crippen molar-refractivity contribution in [1.82, 2.24) is 4.90 Å². The van der Waals surface area contributed by atoms with Crippen LogP contribution in [0.2, 0.25) is 0 Å². The Hall–Kier alpha value is -0.650. The number of hydrogen-bond acceptors (Lipinski definition) is 4. The van der Waals surface area contributed by atoms with Gasteiger partial charge in [0, 0.05) is 19.7 Å². The number of carbonyl (C=O) groups is 1. The van der Waals surface area contributed by atoms with E-state index in [1.165, 1.54) is 0 Å². The number of aliphatic hydroxyl groups is 1. The lowest BCUT2D eigenvalue weighted by Gasteiger charge is -2.36. The Kier molecular flexibility index (Phi) is 5.01. The summed E-state index contributed by atoms with van der Waals surface area (Å²) in [4.78, 5) is 13.3. The summed E-state index contributed by atoms with van der Waals surface area (Å²) in [5.41, 5.74) is 0. The molecule has 5 heteroatoms. The van der Waals surface area contributed by atoms with E-state index >= 15 is 0 Å². The van der Waals surface area contributed by atoms with Crippen molar-refractivity contribution in [3.63, 3.8) is 0 Å². The molecule has 1 heterocycles. The van der Waals surface area contributed by atoms with Crippen LogP contribution < -0.4 is 0 Å². The molecular formula is C10H19NO4. The summed E-state index contributed by atoms with van der Waals surface area (Å²) in [6.07, 6.45) is -0.291. The molecule has 0 spiro atoms. The minimum absolute atomic E-state index is 0.0264. The topological polar surface area (TPSA) is 59.0 Å². The SMILES string of the molecule is CCOCC(=O)N1CC(C)OC(CO)C1. The average molecular weight is 217 g/mol. The Bertz CT molecular complexity index is 210. The van der Waals surface area contributed by atoms with E-state index in [4.69, 9.17) is 14.6 Å². The zero-order valence-electron chi connectivity index (χ0n) is 9.31. The molecular weight excluding hydrogens is 198 g/mol. The van der Waals surface area contributed by atoms with Gasteiger partial charge in [0.2, 0.25) is 5.91 Å². The van der Waals surface area contributed by atoms with Gasteiger partial charge >= 0.3 is 0 Å². The summed E-state index contributed by atoms with van der Waals surface area (Å²) in [6, 6.07) is 0. The fraction of sp³-hybridized carbons (Fsp3) is 0.900. The Morgan fingerprint density at radius 2 is 2.33 bits per heavy atom. The monoisotopic (exact) mass is 217 g/mol. The third-order valence-corrected chi connectivity index (χ3v) is 2.31. The number of rotatable bonds is 4. The smallest absolute Gasteiger partial charge is 0.248 e. The van der Waals surface area contributed by atoms with E-state index in [9.17, 15) is 4.79 Å². The van der Waals surface area contributed by atoms with Crippen molar-refractivity contribution in [3.05, 3.63) is 0 Å².